The third-order valence-corrected chi connectivity index (χ3v) is 2.18. The number of hydrogen-bond acceptors (Lipinski definition) is 1. The average Bonchev–Trinajstić information content (AvgIpc) is 2.20. The van der Waals surface area contributed by atoms with Gasteiger partial charge in [0.1, 0.15) is 4.64 Å². The van der Waals surface area contributed by atoms with Crippen LogP contribution in [-0.4, -0.2) is 4.98 Å². The number of aryl methyl sites for hydroxylation is 1. The minimum Gasteiger partial charge on any atom is -0.350 e. The van der Waals surface area contributed by atoms with Crippen LogP contribution in [0.1, 0.15) is 19.5 Å². The zero-order valence-corrected chi connectivity index (χ0v) is 9.61. The van der Waals surface area contributed by atoms with Crippen LogP contribution in [0.5, 0.6) is 0 Å². The smallest absolute Gasteiger partial charge is 0.104 e. The van der Waals surface area contributed by atoms with E-state index in [9.17, 15) is 0 Å². The molecule has 1 aromatic carbocycles. The van der Waals surface area contributed by atoms with E-state index in [4.69, 9.17) is 12.2 Å². The summed E-state index contributed by atoms with van der Waals surface area (Å²) in [6.45, 7) is 6.04. The second kappa shape index (κ2) is 4.91. The maximum absolute atomic E-state index is 5.07. The van der Waals surface area contributed by atoms with Crippen molar-refractivity contribution >= 4 is 23.0 Å². The zero-order valence-electron chi connectivity index (χ0n) is 8.79. The van der Waals surface area contributed by atoms with Gasteiger partial charge in [-0.3, -0.25) is 0 Å². The first-order valence-corrected chi connectivity index (χ1v) is 5.27. The van der Waals surface area contributed by atoms with Crippen LogP contribution in [0.3, 0.4) is 0 Å². The maximum Gasteiger partial charge on any atom is 0.104 e. The largest absolute Gasteiger partial charge is 0.350 e. The fraction of sp³-hybridized carbons (Fsp3) is 0.250. The van der Waals surface area contributed by atoms with Crippen LogP contribution < -0.4 is 0 Å². The van der Waals surface area contributed by atoms with E-state index in [-0.39, 0.29) is 0 Å². The molecule has 1 aromatic heterocycles. The van der Waals surface area contributed by atoms with Gasteiger partial charge in [0.2, 0.25) is 0 Å². The Balaban J connectivity index is 0.000000461. The lowest BCUT2D eigenvalue weighted by atomic mass is 10.1. The summed E-state index contributed by atoms with van der Waals surface area (Å²) in [6.07, 6.45) is 0. The summed E-state index contributed by atoms with van der Waals surface area (Å²) in [4.78, 5) is 3.13. The van der Waals surface area contributed by atoms with Crippen LogP contribution in [0.25, 0.3) is 10.8 Å². The van der Waals surface area contributed by atoms with E-state index in [2.05, 4.69) is 17.1 Å². The molecule has 1 heterocycles. The third-order valence-electron chi connectivity index (χ3n) is 1.96. The van der Waals surface area contributed by atoms with Crippen LogP contribution in [-0.2, 0) is 0 Å². The van der Waals surface area contributed by atoms with E-state index < -0.39 is 0 Å². The molecule has 0 spiro atoms. The third kappa shape index (κ3) is 2.20. The zero-order chi connectivity index (χ0) is 10.6. The summed E-state index contributed by atoms with van der Waals surface area (Å²) in [5.41, 5.74) is 1.14. The van der Waals surface area contributed by atoms with Crippen molar-refractivity contribution in [2.75, 3.05) is 0 Å². The van der Waals surface area contributed by atoms with Crippen LogP contribution in [0.15, 0.2) is 30.3 Å². The summed E-state index contributed by atoms with van der Waals surface area (Å²) in [6, 6.07) is 10.2. The van der Waals surface area contributed by atoms with Gasteiger partial charge in [-0.15, -0.1) is 0 Å². The summed E-state index contributed by atoms with van der Waals surface area (Å²) in [5, 5.41) is 2.45. The number of benzene rings is 1. The summed E-state index contributed by atoms with van der Waals surface area (Å²) >= 11 is 5.07. The first kappa shape index (κ1) is 10.9. The SMILES string of the molecule is CC.Cc1[nH]c(=S)cc2ccccc12. The highest BCUT2D eigenvalue weighted by atomic mass is 32.1. The van der Waals surface area contributed by atoms with Crippen molar-refractivity contribution in [1.29, 1.82) is 0 Å². The summed E-state index contributed by atoms with van der Waals surface area (Å²) in [5.74, 6) is 0. The highest BCUT2D eigenvalue weighted by Crippen LogP contribution is 2.15. The second-order valence-electron chi connectivity index (χ2n) is 2.85. The van der Waals surface area contributed by atoms with Gasteiger partial charge in [0.05, 0.1) is 0 Å². The molecule has 0 fully saturated rings. The summed E-state index contributed by atoms with van der Waals surface area (Å²) in [7, 11) is 0. The molecule has 0 saturated heterocycles. The molecule has 2 heteroatoms. The Morgan fingerprint density at radius 3 is 2.50 bits per heavy atom. The van der Waals surface area contributed by atoms with Gasteiger partial charge in [-0.2, -0.15) is 0 Å². The topological polar surface area (TPSA) is 15.8 Å². The second-order valence-corrected chi connectivity index (χ2v) is 3.29. The molecule has 0 aliphatic carbocycles. The molecule has 0 saturated carbocycles. The molecule has 0 amide bonds. The van der Waals surface area contributed by atoms with Crippen molar-refractivity contribution < 1.29 is 0 Å². The lowest BCUT2D eigenvalue weighted by Gasteiger charge is -2.00. The quantitative estimate of drug-likeness (QED) is 0.636. The van der Waals surface area contributed by atoms with E-state index in [0.717, 1.165) is 10.3 Å². The predicted octanol–water partition coefficient (Wildman–Crippen LogP) is 4.23. The van der Waals surface area contributed by atoms with Gasteiger partial charge in [0.15, 0.2) is 0 Å². The van der Waals surface area contributed by atoms with Crippen molar-refractivity contribution in [3.63, 3.8) is 0 Å². The number of rotatable bonds is 0. The van der Waals surface area contributed by atoms with Crippen molar-refractivity contribution in [3.8, 4) is 0 Å². The first-order chi connectivity index (χ1) is 6.77. The van der Waals surface area contributed by atoms with E-state index >= 15 is 0 Å². The van der Waals surface area contributed by atoms with Crippen LogP contribution in [0.4, 0.5) is 0 Å². The van der Waals surface area contributed by atoms with E-state index in [1.807, 2.05) is 39.0 Å². The number of aromatic amines is 1. The van der Waals surface area contributed by atoms with Crippen LogP contribution in [0, 0.1) is 11.6 Å². The van der Waals surface area contributed by atoms with Crippen molar-refractivity contribution in [3.05, 3.63) is 40.7 Å². The number of hydrogen-bond donors (Lipinski definition) is 1. The Hall–Kier alpha value is -1.15. The molecule has 74 valence electrons. The Bertz CT molecular complexity index is 471. The van der Waals surface area contributed by atoms with Gasteiger partial charge >= 0.3 is 0 Å². The molecule has 0 bridgehead atoms. The predicted molar refractivity (Wildman–Crippen MR) is 65.2 cm³/mol. The Morgan fingerprint density at radius 2 is 1.79 bits per heavy atom. The van der Waals surface area contributed by atoms with Gasteiger partial charge in [0, 0.05) is 11.1 Å². The van der Waals surface area contributed by atoms with Crippen LogP contribution >= 0.6 is 12.2 Å². The van der Waals surface area contributed by atoms with Gasteiger partial charge in [0.25, 0.3) is 0 Å². The summed E-state index contributed by atoms with van der Waals surface area (Å²) < 4.78 is 0.797. The van der Waals surface area contributed by atoms with E-state index in [1.54, 1.807) is 0 Å². The fourth-order valence-electron chi connectivity index (χ4n) is 1.39. The fourth-order valence-corrected chi connectivity index (χ4v) is 1.67. The number of nitrogens with one attached hydrogen (secondary N) is 1. The molecule has 14 heavy (non-hydrogen) atoms. The molecule has 0 unspecified atom stereocenters. The number of fused-ring (bicyclic) bond motifs is 1. The average molecular weight is 205 g/mol. The maximum atomic E-state index is 5.07. The molecule has 0 atom stereocenters. The molecule has 1 nitrogen and oxygen atoms in total. The van der Waals surface area contributed by atoms with E-state index in [1.165, 1.54) is 10.8 Å². The molecule has 0 radical (unpaired) electrons. The minimum atomic E-state index is 0.797. The molecular formula is C12H15NS. The van der Waals surface area contributed by atoms with Crippen molar-refractivity contribution in [1.82, 2.24) is 4.98 Å². The standard InChI is InChI=1S/C10H9NS.C2H6/c1-7-9-5-3-2-4-8(9)6-10(12)11-7;1-2/h2-6H,1H3,(H,11,12);1-2H3. The van der Waals surface area contributed by atoms with Crippen LogP contribution in [0.2, 0.25) is 0 Å². The Morgan fingerprint density at radius 1 is 1.14 bits per heavy atom. The van der Waals surface area contributed by atoms with Gasteiger partial charge in [-0.05, 0) is 18.4 Å². The highest BCUT2D eigenvalue weighted by Gasteiger charge is 1.94. The molecular weight excluding hydrogens is 190 g/mol. The van der Waals surface area contributed by atoms with Gasteiger partial charge < -0.3 is 4.98 Å². The number of aromatic nitrogens is 1. The van der Waals surface area contributed by atoms with Gasteiger partial charge in [-0.25, -0.2) is 0 Å². The normalized spacial score (nSPS) is 9.36. The molecule has 1 N–H and O–H groups in total. The van der Waals surface area contributed by atoms with Crippen molar-refractivity contribution in [2.24, 2.45) is 0 Å². The minimum absolute atomic E-state index is 0.797. The lowest BCUT2D eigenvalue weighted by molar-refractivity contribution is 1.22. The number of pyridine rings is 1. The molecule has 0 aliphatic heterocycles. The number of H-pyrrole nitrogens is 1. The highest BCUT2D eigenvalue weighted by molar-refractivity contribution is 7.71. The van der Waals surface area contributed by atoms with E-state index in [0.29, 0.717) is 0 Å². The molecule has 2 rings (SSSR count). The molecule has 2 aromatic rings. The monoisotopic (exact) mass is 205 g/mol. The van der Waals surface area contributed by atoms with Crippen molar-refractivity contribution in [2.45, 2.75) is 20.8 Å². The Kier molecular flexibility index (Phi) is 3.84. The lowest BCUT2D eigenvalue weighted by Crippen LogP contribution is -1.83. The first-order valence-electron chi connectivity index (χ1n) is 4.86. The Labute approximate surface area is 89.8 Å². The molecule has 0 aliphatic rings. The van der Waals surface area contributed by atoms with Gasteiger partial charge in [-0.1, -0.05) is 50.3 Å².